The van der Waals surface area contributed by atoms with E-state index in [1.165, 1.54) is 17.8 Å². The van der Waals surface area contributed by atoms with Gasteiger partial charge < -0.3 is 0 Å². The summed E-state index contributed by atoms with van der Waals surface area (Å²) in [6.07, 6.45) is -2.44. The standard InChI is InChI=1S/C9H10F3NS/c1-2-5-14-8-4-3-7(6-13-8)9(10,11)12/h3-4,6H,2,5H2,1H3. The van der Waals surface area contributed by atoms with Crippen molar-refractivity contribution in [1.29, 1.82) is 0 Å². The predicted octanol–water partition coefficient (Wildman–Crippen LogP) is 3.60. The highest BCUT2D eigenvalue weighted by Gasteiger charge is 2.30. The minimum atomic E-state index is -4.29. The highest BCUT2D eigenvalue weighted by atomic mass is 32.2. The Labute approximate surface area is 84.7 Å². The van der Waals surface area contributed by atoms with E-state index in [9.17, 15) is 13.2 Å². The maximum atomic E-state index is 12.1. The molecule has 78 valence electrons. The van der Waals surface area contributed by atoms with Crippen molar-refractivity contribution in [2.45, 2.75) is 24.5 Å². The van der Waals surface area contributed by atoms with Gasteiger partial charge in [-0.2, -0.15) is 13.2 Å². The van der Waals surface area contributed by atoms with Crippen molar-refractivity contribution in [2.24, 2.45) is 0 Å². The van der Waals surface area contributed by atoms with Gasteiger partial charge >= 0.3 is 6.18 Å². The number of thioether (sulfide) groups is 1. The molecule has 0 atom stereocenters. The molecule has 0 aliphatic carbocycles. The molecule has 1 nitrogen and oxygen atoms in total. The molecule has 0 amide bonds. The molecular weight excluding hydrogens is 211 g/mol. The molecule has 0 radical (unpaired) electrons. The first kappa shape index (κ1) is 11.4. The minimum absolute atomic E-state index is 0.639. The highest BCUT2D eigenvalue weighted by Crippen LogP contribution is 2.29. The van der Waals surface area contributed by atoms with E-state index in [0.29, 0.717) is 5.03 Å². The average molecular weight is 221 g/mol. The van der Waals surface area contributed by atoms with Gasteiger partial charge in [0.05, 0.1) is 10.6 Å². The predicted molar refractivity (Wildman–Crippen MR) is 50.3 cm³/mol. The van der Waals surface area contributed by atoms with Gasteiger partial charge in [-0.3, -0.25) is 0 Å². The first-order valence-corrected chi connectivity index (χ1v) is 5.18. The number of hydrogen-bond acceptors (Lipinski definition) is 2. The van der Waals surface area contributed by atoms with Crippen molar-refractivity contribution in [3.8, 4) is 0 Å². The second kappa shape index (κ2) is 4.68. The molecule has 0 aliphatic rings. The van der Waals surface area contributed by atoms with E-state index in [1.54, 1.807) is 0 Å². The molecule has 0 saturated carbocycles. The van der Waals surface area contributed by atoms with Crippen LogP contribution < -0.4 is 0 Å². The summed E-state index contributed by atoms with van der Waals surface area (Å²) in [6, 6.07) is 2.47. The minimum Gasteiger partial charge on any atom is -0.249 e. The second-order valence-corrected chi connectivity index (χ2v) is 3.85. The van der Waals surface area contributed by atoms with Crippen LogP contribution in [-0.4, -0.2) is 10.7 Å². The van der Waals surface area contributed by atoms with E-state index < -0.39 is 11.7 Å². The molecule has 1 heterocycles. The van der Waals surface area contributed by atoms with Gasteiger partial charge in [-0.05, 0) is 24.3 Å². The number of aromatic nitrogens is 1. The largest absolute Gasteiger partial charge is 0.417 e. The number of pyridine rings is 1. The van der Waals surface area contributed by atoms with Crippen LogP contribution in [0.25, 0.3) is 0 Å². The molecule has 0 fully saturated rings. The Morgan fingerprint density at radius 1 is 1.36 bits per heavy atom. The smallest absolute Gasteiger partial charge is 0.249 e. The Morgan fingerprint density at radius 3 is 2.50 bits per heavy atom. The van der Waals surface area contributed by atoms with Gasteiger partial charge in [-0.1, -0.05) is 6.92 Å². The van der Waals surface area contributed by atoms with E-state index in [-0.39, 0.29) is 0 Å². The van der Waals surface area contributed by atoms with Gasteiger partial charge in [-0.15, -0.1) is 11.8 Å². The highest BCUT2D eigenvalue weighted by molar-refractivity contribution is 7.99. The Morgan fingerprint density at radius 2 is 2.07 bits per heavy atom. The Kier molecular flexibility index (Phi) is 3.80. The molecule has 0 spiro atoms. The Balaban J connectivity index is 2.69. The third-order valence-electron chi connectivity index (χ3n) is 1.52. The van der Waals surface area contributed by atoms with E-state index in [2.05, 4.69) is 4.98 Å². The fraction of sp³-hybridized carbons (Fsp3) is 0.444. The van der Waals surface area contributed by atoms with Crippen LogP contribution in [0.2, 0.25) is 0 Å². The number of halogens is 3. The third kappa shape index (κ3) is 3.21. The molecule has 0 saturated heterocycles. The molecule has 1 rings (SSSR count). The van der Waals surface area contributed by atoms with Gasteiger partial charge in [-0.25, -0.2) is 4.98 Å². The van der Waals surface area contributed by atoms with Gasteiger partial charge in [0.15, 0.2) is 0 Å². The first-order valence-electron chi connectivity index (χ1n) is 4.20. The van der Waals surface area contributed by atoms with Gasteiger partial charge in [0.25, 0.3) is 0 Å². The zero-order valence-corrected chi connectivity index (χ0v) is 8.45. The summed E-state index contributed by atoms with van der Waals surface area (Å²) in [4.78, 5) is 3.73. The summed E-state index contributed by atoms with van der Waals surface area (Å²) in [5.74, 6) is 0.873. The lowest BCUT2D eigenvalue weighted by Crippen LogP contribution is -2.05. The van der Waals surface area contributed by atoms with Gasteiger partial charge in [0, 0.05) is 6.20 Å². The van der Waals surface area contributed by atoms with Gasteiger partial charge in [0.1, 0.15) is 0 Å². The molecule has 5 heteroatoms. The van der Waals surface area contributed by atoms with Crippen LogP contribution in [0.5, 0.6) is 0 Å². The fourth-order valence-corrected chi connectivity index (χ4v) is 1.54. The van der Waals surface area contributed by atoms with Crippen LogP contribution in [-0.2, 0) is 6.18 Å². The van der Waals surface area contributed by atoms with Crippen molar-refractivity contribution in [3.05, 3.63) is 23.9 Å². The Hall–Kier alpha value is -0.710. The van der Waals surface area contributed by atoms with E-state index in [1.807, 2.05) is 6.92 Å². The summed E-state index contributed by atoms with van der Waals surface area (Å²) in [6.45, 7) is 2.01. The van der Waals surface area contributed by atoms with Crippen LogP contribution in [0.3, 0.4) is 0 Å². The lowest BCUT2D eigenvalue weighted by molar-refractivity contribution is -0.137. The Bertz CT molecular complexity index is 281. The second-order valence-electron chi connectivity index (χ2n) is 2.73. The lowest BCUT2D eigenvalue weighted by atomic mass is 10.3. The van der Waals surface area contributed by atoms with Crippen LogP contribution in [0.1, 0.15) is 18.9 Å². The first-order chi connectivity index (χ1) is 6.54. The average Bonchev–Trinajstić information content (AvgIpc) is 2.14. The van der Waals surface area contributed by atoms with Crippen LogP contribution >= 0.6 is 11.8 Å². The normalized spacial score (nSPS) is 11.7. The molecule has 0 N–H and O–H groups in total. The van der Waals surface area contributed by atoms with Crippen molar-refractivity contribution in [1.82, 2.24) is 4.98 Å². The summed E-state index contributed by atoms with van der Waals surface area (Å²) in [7, 11) is 0. The third-order valence-corrected chi connectivity index (χ3v) is 2.67. The zero-order chi connectivity index (χ0) is 10.6. The van der Waals surface area contributed by atoms with Crippen molar-refractivity contribution in [3.63, 3.8) is 0 Å². The molecule has 0 bridgehead atoms. The quantitative estimate of drug-likeness (QED) is 0.723. The summed E-state index contributed by atoms with van der Waals surface area (Å²) < 4.78 is 36.4. The molecule has 1 aromatic heterocycles. The topological polar surface area (TPSA) is 12.9 Å². The van der Waals surface area contributed by atoms with E-state index in [0.717, 1.165) is 24.4 Å². The number of rotatable bonds is 3. The summed E-state index contributed by atoms with van der Waals surface area (Å²) in [5.41, 5.74) is -0.696. The maximum absolute atomic E-state index is 12.1. The molecule has 0 aromatic carbocycles. The van der Waals surface area contributed by atoms with Crippen LogP contribution in [0.15, 0.2) is 23.4 Å². The van der Waals surface area contributed by atoms with E-state index in [4.69, 9.17) is 0 Å². The van der Waals surface area contributed by atoms with Crippen molar-refractivity contribution < 1.29 is 13.2 Å². The lowest BCUT2D eigenvalue weighted by Gasteiger charge is -2.06. The zero-order valence-electron chi connectivity index (χ0n) is 7.64. The van der Waals surface area contributed by atoms with Crippen molar-refractivity contribution in [2.75, 3.05) is 5.75 Å². The SMILES string of the molecule is CCCSc1ccc(C(F)(F)F)cn1. The fourth-order valence-electron chi connectivity index (χ4n) is 0.840. The van der Waals surface area contributed by atoms with Gasteiger partial charge in [0.2, 0.25) is 0 Å². The van der Waals surface area contributed by atoms with Crippen molar-refractivity contribution >= 4 is 11.8 Å². The summed E-state index contributed by atoms with van der Waals surface area (Å²) >= 11 is 1.46. The number of hydrogen-bond donors (Lipinski definition) is 0. The molecular formula is C9H10F3NS. The monoisotopic (exact) mass is 221 g/mol. The molecule has 0 unspecified atom stereocenters. The number of alkyl halides is 3. The number of nitrogens with zero attached hydrogens (tertiary/aromatic N) is 1. The van der Waals surface area contributed by atoms with Crippen LogP contribution in [0.4, 0.5) is 13.2 Å². The van der Waals surface area contributed by atoms with E-state index >= 15 is 0 Å². The molecule has 14 heavy (non-hydrogen) atoms. The van der Waals surface area contributed by atoms with Crippen LogP contribution in [0, 0.1) is 0 Å². The summed E-state index contributed by atoms with van der Waals surface area (Å²) in [5, 5.41) is 0.639. The molecule has 1 aromatic rings. The molecule has 0 aliphatic heterocycles. The maximum Gasteiger partial charge on any atom is 0.417 e.